The Bertz CT molecular complexity index is 796. The van der Waals surface area contributed by atoms with Crippen LogP contribution in [0.15, 0.2) is 42.7 Å². The van der Waals surface area contributed by atoms with Gasteiger partial charge < -0.3 is 15.8 Å². The fourth-order valence-corrected chi connectivity index (χ4v) is 2.99. The Labute approximate surface area is 125 Å². The minimum absolute atomic E-state index is 0.223. The normalized spacial score (nSPS) is 10.5. The van der Waals surface area contributed by atoms with Crippen molar-refractivity contribution >= 4 is 38.7 Å². The number of aromatic nitrogens is 1. The second kappa shape index (κ2) is 5.41. The standard InChI is InChI=1S/C15H13N3O2S/c1-20-10-4-2-9(3-5-10)18-15(19)14-13(16)11-6-7-17-8-12(11)21-14/h2-8H,16H2,1H3,(H,18,19). The molecule has 0 radical (unpaired) electrons. The fraction of sp³-hybridized carbons (Fsp3) is 0.0667. The first-order valence-electron chi connectivity index (χ1n) is 6.26. The Hall–Kier alpha value is -2.60. The lowest BCUT2D eigenvalue weighted by Crippen LogP contribution is -2.11. The summed E-state index contributed by atoms with van der Waals surface area (Å²) in [5, 5.41) is 3.68. The number of amides is 1. The second-order valence-corrected chi connectivity index (χ2v) is 5.45. The van der Waals surface area contributed by atoms with E-state index in [1.54, 1.807) is 43.8 Å². The van der Waals surface area contributed by atoms with Crippen molar-refractivity contribution in [3.8, 4) is 5.75 Å². The minimum atomic E-state index is -0.223. The summed E-state index contributed by atoms with van der Waals surface area (Å²) in [4.78, 5) is 16.9. The SMILES string of the molecule is COc1ccc(NC(=O)c2sc3cnccc3c2N)cc1. The molecule has 0 aliphatic heterocycles. The number of nitrogens with zero attached hydrogens (tertiary/aromatic N) is 1. The van der Waals surface area contributed by atoms with Crippen LogP contribution in [0.3, 0.4) is 0 Å². The van der Waals surface area contributed by atoms with E-state index < -0.39 is 0 Å². The Kier molecular flexibility index (Phi) is 3.45. The van der Waals surface area contributed by atoms with Crippen molar-refractivity contribution < 1.29 is 9.53 Å². The van der Waals surface area contributed by atoms with Crippen LogP contribution in [-0.2, 0) is 0 Å². The summed E-state index contributed by atoms with van der Waals surface area (Å²) in [7, 11) is 1.60. The van der Waals surface area contributed by atoms with Gasteiger partial charge in [-0.25, -0.2) is 0 Å². The molecule has 1 aromatic carbocycles. The van der Waals surface area contributed by atoms with Crippen LogP contribution >= 0.6 is 11.3 Å². The van der Waals surface area contributed by atoms with Crippen LogP contribution in [0.2, 0.25) is 0 Å². The number of anilines is 2. The highest BCUT2D eigenvalue weighted by atomic mass is 32.1. The first-order valence-corrected chi connectivity index (χ1v) is 7.08. The highest BCUT2D eigenvalue weighted by Crippen LogP contribution is 2.33. The number of hydrogen-bond donors (Lipinski definition) is 2. The summed E-state index contributed by atoms with van der Waals surface area (Å²) in [5.41, 5.74) is 7.22. The lowest BCUT2D eigenvalue weighted by atomic mass is 10.2. The van der Waals surface area contributed by atoms with Gasteiger partial charge in [-0.05, 0) is 30.3 Å². The van der Waals surface area contributed by atoms with Crippen molar-refractivity contribution in [3.63, 3.8) is 0 Å². The van der Waals surface area contributed by atoms with Crippen LogP contribution in [0.1, 0.15) is 9.67 Å². The quantitative estimate of drug-likeness (QED) is 0.779. The number of nitrogen functional groups attached to an aromatic ring is 1. The Balaban J connectivity index is 1.87. The molecular weight excluding hydrogens is 286 g/mol. The molecule has 3 aromatic rings. The Morgan fingerprint density at radius 3 is 2.71 bits per heavy atom. The number of carbonyl (C=O) groups excluding carboxylic acids is 1. The van der Waals surface area contributed by atoms with E-state index in [4.69, 9.17) is 10.5 Å². The van der Waals surface area contributed by atoms with Crippen molar-refractivity contribution in [1.82, 2.24) is 4.98 Å². The van der Waals surface area contributed by atoms with Crippen molar-refractivity contribution in [2.45, 2.75) is 0 Å². The van der Waals surface area contributed by atoms with Crippen LogP contribution in [0.4, 0.5) is 11.4 Å². The smallest absolute Gasteiger partial charge is 0.267 e. The molecule has 3 N–H and O–H groups in total. The number of methoxy groups -OCH3 is 1. The molecule has 0 saturated heterocycles. The predicted molar refractivity (Wildman–Crippen MR) is 85.0 cm³/mol. The monoisotopic (exact) mass is 299 g/mol. The van der Waals surface area contributed by atoms with Gasteiger partial charge in [-0.3, -0.25) is 9.78 Å². The van der Waals surface area contributed by atoms with E-state index in [2.05, 4.69) is 10.3 Å². The van der Waals surface area contributed by atoms with E-state index in [0.29, 0.717) is 16.3 Å². The molecule has 1 amide bonds. The van der Waals surface area contributed by atoms with Crippen molar-refractivity contribution in [2.24, 2.45) is 0 Å². The largest absolute Gasteiger partial charge is 0.497 e. The van der Waals surface area contributed by atoms with E-state index in [0.717, 1.165) is 15.8 Å². The fourth-order valence-electron chi connectivity index (χ4n) is 2.00. The van der Waals surface area contributed by atoms with E-state index in [1.165, 1.54) is 11.3 Å². The van der Waals surface area contributed by atoms with Gasteiger partial charge in [0.15, 0.2) is 0 Å². The number of hydrogen-bond acceptors (Lipinski definition) is 5. The van der Waals surface area contributed by atoms with Gasteiger partial charge in [-0.1, -0.05) is 0 Å². The number of nitrogens with two attached hydrogens (primary N) is 1. The molecule has 2 heterocycles. The average Bonchev–Trinajstić information content (AvgIpc) is 2.86. The Morgan fingerprint density at radius 1 is 1.29 bits per heavy atom. The van der Waals surface area contributed by atoms with Gasteiger partial charge in [-0.15, -0.1) is 11.3 Å². The van der Waals surface area contributed by atoms with Gasteiger partial charge in [0.05, 0.1) is 17.5 Å². The summed E-state index contributed by atoms with van der Waals surface area (Å²) >= 11 is 1.33. The number of ether oxygens (including phenoxy) is 1. The van der Waals surface area contributed by atoms with Crippen LogP contribution < -0.4 is 15.8 Å². The van der Waals surface area contributed by atoms with E-state index >= 15 is 0 Å². The second-order valence-electron chi connectivity index (χ2n) is 4.40. The van der Waals surface area contributed by atoms with Crippen LogP contribution in [0.25, 0.3) is 10.1 Å². The number of fused-ring (bicyclic) bond motifs is 1. The zero-order valence-corrected chi connectivity index (χ0v) is 12.1. The molecule has 6 heteroatoms. The zero-order chi connectivity index (χ0) is 14.8. The van der Waals surface area contributed by atoms with Crippen LogP contribution in [-0.4, -0.2) is 18.0 Å². The minimum Gasteiger partial charge on any atom is -0.497 e. The molecule has 0 bridgehead atoms. The molecule has 21 heavy (non-hydrogen) atoms. The maximum absolute atomic E-state index is 12.3. The molecule has 0 atom stereocenters. The number of pyridine rings is 1. The van der Waals surface area contributed by atoms with Crippen LogP contribution in [0.5, 0.6) is 5.75 Å². The molecule has 0 aliphatic carbocycles. The highest BCUT2D eigenvalue weighted by molar-refractivity contribution is 7.21. The summed E-state index contributed by atoms with van der Waals surface area (Å²) in [6.45, 7) is 0. The van der Waals surface area contributed by atoms with Crippen molar-refractivity contribution in [2.75, 3.05) is 18.2 Å². The number of thiophene rings is 1. The van der Waals surface area contributed by atoms with Gasteiger partial charge in [0.1, 0.15) is 10.6 Å². The van der Waals surface area contributed by atoms with Gasteiger partial charge in [-0.2, -0.15) is 0 Å². The summed E-state index contributed by atoms with van der Waals surface area (Å²) < 4.78 is 5.98. The Morgan fingerprint density at radius 2 is 2.05 bits per heavy atom. The summed E-state index contributed by atoms with van der Waals surface area (Å²) in [6, 6.07) is 8.94. The maximum Gasteiger partial charge on any atom is 0.267 e. The van der Waals surface area contributed by atoms with E-state index in [1.807, 2.05) is 6.07 Å². The third-order valence-corrected chi connectivity index (χ3v) is 4.24. The number of benzene rings is 1. The topological polar surface area (TPSA) is 77.2 Å². The zero-order valence-electron chi connectivity index (χ0n) is 11.3. The molecule has 0 fully saturated rings. The van der Waals surface area contributed by atoms with E-state index in [9.17, 15) is 4.79 Å². The van der Waals surface area contributed by atoms with Gasteiger partial charge in [0.25, 0.3) is 5.91 Å². The number of nitrogens with one attached hydrogen (secondary N) is 1. The molecule has 2 aromatic heterocycles. The van der Waals surface area contributed by atoms with Gasteiger partial charge in [0.2, 0.25) is 0 Å². The molecule has 0 spiro atoms. The molecular formula is C15H13N3O2S. The lowest BCUT2D eigenvalue weighted by molar-refractivity contribution is 0.103. The van der Waals surface area contributed by atoms with Gasteiger partial charge in [0, 0.05) is 23.5 Å². The molecule has 106 valence electrons. The van der Waals surface area contributed by atoms with Crippen molar-refractivity contribution in [1.29, 1.82) is 0 Å². The predicted octanol–water partition coefficient (Wildman–Crippen LogP) is 3.14. The summed E-state index contributed by atoms with van der Waals surface area (Å²) in [6.07, 6.45) is 3.37. The van der Waals surface area contributed by atoms with Gasteiger partial charge >= 0.3 is 0 Å². The average molecular weight is 299 g/mol. The van der Waals surface area contributed by atoms with Crippen LogP contribution in [0, 0.1) is 0 Å². The molecule has 0 aliphatic rings. The third-order valence-electron chi connectivity index (χ3n) is 3.09. The molecule has 5 nitrogen and oxygen atoms in total. The summed E-state index contributed by atoms with van der Waals surface area (Å²) in [5.74, 6) is 0.513. The number of rotatable bonds is 3. The first-order chi connectivity index (χ1) is 10.2. The lowest BCUT2D eigenvalue weighted by Gasteiger charge is -2.05. The molecule has 0 unspecified atom stereocenters. The van der Waals surface area contributed by atoms with Crippen molar-refractivity contribution in [3.05, 3.63) is 47.6 Å². The third kappa shape index (κ3) is 2.53. The first kappa shape index (κ1) is 13.4. The maximum atomic E-state index is 12.3. The highest BCUT2D eigenvalue weighted by Gasteiger charge is 2.16. The molecule has 3 rings (SSSR count). The number of carbonyl (C=O) groups is 1. The van der Waals surface area contributed by atoms with E-state index in [-0.39, 0.29) is 5.91 Å². The molecule has 0 saturated carbocycles.